The van der Waals surface area contributed by atoms with Crippen LogP contribution in [-0.4, -0.2) is 33.5 Å². The van der Waals surface area contributed by atoms with Gasteiger partial charge in [0.05, 0.1) is 6.61 Å². The van der Waals surface area contributed by atoms with Crippen LogP contribution >= 0.6 is 7.82 Å². The van der Waals surface area contributed by atoms with Crippen LogP contribution in [0.3, 0.4) is 0 Å². The van der Waals surface area contributed by atoms with E-state index >= 15 is 0 Å². The Morgan fingerprint density at radius 1 is 0.870 bits per heavy atom. The number of phosphoric acid groups is 1. The molecular weight excluding hydrogens is 321 g/mol. The second kappa shape index (κ2) is 13.9. The van der Waals surface area contributed by atoms with Crippen LogP contribution in [0.25, 0.3) is 0 Å². The van der Waals surface area contributed by atoms with E-state index in [9.17, 15) is 9.36 Å². The molecule has 1 atom stereocenters. The molecule has 1 unspecified atom stereocenters. The maximum absolute atomic E-state index is 10.5. The van der Waals surface area contributed by atoms with E-state index in [1.807, 2.05) is 0 Å². The first-order valence-electron chi connectivity index (χ1n) is 8.51. The van der Waals surface area contributed by atoms with E-state index in [1.54, 1.807) is 0 Å². The van der Waals surface area contributed by atoms with Crippen molar-refractivity contribution in [2.75, 3.05) is 6.61 Å². The van der Waals surface area contributed by atoms with Crippen molar-refractivity contribution in [2.24, 2.45) is 5.73 Å². The molecule has 0 radical (unpaired) electrons. The summed E-state index contributed by atoms with van der Waals surface area (Å²) in [7, 11) is -4.29. The second-order valence-electron chi connectivity index (χ2n) is 5.95. The van der Waals surface area contributed by atoms with Gasteiger partial charge in [0.1, 0.15) is 6.04 Å². The van der Waals surface area contributed by atoms with Crippen LogP contribution in [0.1, 0.15) is 77.0 Å². The van der Waals surface area contributed by atoms with Gasteiger partial charge in [0.15, 0.2) is 0 Å². The number of unbranched alkanes of at least 4 members (excludes halogenated alkanes) is 10. The van der Waals surface area contributed by atoms with E-state index in [2.05, 4.69) is 4.52 Å². The fourth-order valence-electron chi connectivity index (χ4n) is 2.36. The molecule has 0 aliphatic rings. The lowest BCUT2D eigenvalue weighted by Crippen LogP contribution is -2.29. The lowest BCUT2D eigenvalue weighted by atomic mass is 10.0. The summed E-state index contributed by atoms with van der Waals surface area (Å²) >= 11 is 0. The lowest BCUT2D eigenvalue weighted by Gasteiger charge is -2.06. The molecule has 0 heterocycles. The smallest absolute Gasteiger partial charge is 0.469 e. The molecule has 0 bridgehead atoms. The number of rotatable bonds is 16. The highest BCUT2D eigenvalue weighted by Crippen LogP contribution is 2.35. The summed E-state index contributed by atoms with van der Waals surface area (Å²) in [6.07, 6.45) is 12.2. The van der Waals surface area contributed by atoms with Crippen molar-refractivity contribution in [1.29, 1.82) is 0 Å². The number of nitrogens with two attached hydrogens (primary N) is 1. The van der Waals surface area contributed by atoms with Gasteiger partial charge in [-0.3, -0.25) is 9.32 Å². The summed E-state index contributed by atoms with van der Waals surface area (Å²) in [6.45, 7) is 0.121. The zero-order valence-corrected chi connectivity index (χ0v) is 14.8. The molecule has 0 aromatic rings. The fourth-order valence-corrected chi connectivity index (χ4v) is 2.73. The van der Waals surface area contributed by atoms with Crippen molar-refractivity contribution in [1.82, 2.24) is 0 Å². The maximum Gasteiger partial charge on any atom is 0.469 e. The number of hydrogen-bond acceptors (Lipinski definition) is 4. The number of carboxylic acid groups (broad SMARTS) is 1. The highest BCUT2D eigenvalue weighted by Gasteiger charge is 2.12. The Labute approximate surface area is 138 Å². The van der Waals surface area contributed by atoms with Crippen LogP contribution < -0.4 is 5.73 Å². The van der Waals surface area contributed by atoms with E-state index < -0.39 is 19.8 Å². The van der Waals surface area contributed by atoms with Crippen molar-refractivity contribution >= 4 is 13.8 Å². The van der Waals surface area contributed by atoms with Crippen molar-refractivity contribution in [3.8, 4) is 0 Å². The summed E-state index contributed by atoms with van der Waals surface area (Å²) in [5.41, 5.74) is 5.43. The number of aliphatic carboxylic acids is 1. The van der Waals surface area contributed by atoms with E-state index in [0.717, 1.165) is 38.5 Å². The van der Waals surface area contributed by atoms with Gasteiger partial charge in [-0.15, -0.1) is 0 Å². The minimum absolute atomic E-state index is 0.121. The van der Waals surface area contributed by atoms with Gasteiger partial charge in [-0.1, -0.05) is 64.2 Å². The Kier molecular flexibility index (Phi) is 13.7. The molecule has 0 aliphatic heterocycles. The highest BCUT2D eigenvalue weighted by atomic mass is 31.2. The molecule has 0 spiro atoms. The lowest BCUT2D eigenvalue weighted by molar-refractivity contribution is -0.138. The van der Waals surface area contributed by atoms with Crippen LogP contribution in [0.2, 0.25) is 0 Å². The van der Waals surface area contributed by atoms with Crippen molar-refractivity contribution in [3.05, 3.63) is 0 Å². The quantitative estimate of drug-likeness (QED) is 0.247. The van der Waals surface area contributed by atoms with Gasteiger partial charge >= 0.3 is 13.8 Å². The standard InChI is InChI=1S/C15H32NO6P/c16-14(15(17)18)12-10-8-6-4-2-1-3-5-7-9-11-13-22-23(19,20)21/h14H,1-13,16H2,(H,17,18)(H2,19,20,21). The van der Waals surface area contributed by atoms with E-state index in [1.165, 1.54) is 25.7 Å². The fraction of sp³-hybridized carbons (Fsp3) is 0.933. The van der Waals surface area contributed by atoms with Gasteiger partial charge in [0, 0.05) is 0 Å². The molecule has 0 amide bonds. The molecule has 0 aliphatic carbocycles. The molecular formula is C15H32NO6P. The van der Waals surface area contributed by atoms with Crippen LogP contribution in [0.15, 0.2) is 0 Å². The molecule has 23 heavy (non-hydrogen) atoms. The Balaban J connectivity index is 3.14. The van der Waals surface area contributed by atoms with Crippen LogP contribution in [0, 0.1) is 0 Å². The summed E-state index contributed by atoms with van der Waals surface area (Å²) < 4.78 is 14.8. The van der Waals surface area contributed by atoms with E-state index in [0.29, 0.717) is 12.8 Å². The Bertz CT molecular complexity index is 347. The minimum atomic E-state index is -4.29. The third-order valence-corrected chi connectivity index (χ3v) is 4.26. The second-order valence-corrected chi connectivity index (χ2v) is 7.19. The molecule has 138 valence electrons. The summed E-state index contributed by atoms with van der Waals surface area (Å²) in [4.78, 5) is 27.5. The topological polar surface area (TPSA) is 130 Å². The first-order chi connectivity index (χ1) is 10.8. The molecule has 7 nitrogen and oxygen atoms in total. The first kappa shape index (κ1) is 22.5. The van der Waals surface area contributed by atoms with Gasteiger partial charge in [0.25, 0.3) is 0 Å². The van der Waals surface area contributed by atoms with Crippen molar-refractivity contribution in [2.45, 2.75) is 83.1 Å². The average Bonchev–Trinajstić information content (AvgIpc) is 2.46. The first-order valence-corrected chi connectivity index (χ1v) is 10.0. The number of carboxylic acids is 1. The SMILES string of the molecule is NC(CCCCCCCCCCCCCOP(=O)(O)O)C(=O)O. The predicted octanol–water partition coefficient (Wildman–Crippen LogP) is 3.19. The van der Waals surface area contributed by atoms with Gasteiger partial charge in [0.2, 0.25) is 0 Å². The molecule has 8 heteroatoms. The van der Waals surface area contributed by atoms with Gasteiger partial charge in [-0.25, -0.2) is 4.57 Å². The minimum Gasteiger partial charge on any atom is -0.480 e. The summed E-state index contributed by atoms with van der Waals surface area (Å²) in [6, 6.07) is -0.720. The van der Waals surface area contributed by atoms with Crippen molar-refractivity contribution in [3.63, 3.8) is 0 Å². The van der Waals surface area contributed by atoms with E-state index in [-0.39, 0.29) is 6.61 Å². The molecule has 0 saturated carbocycles. The molecule has 0 aromatic carbocycles. The zero-order valence-electron chi connectivity index (χ0n) is 13.9. The van der Waals surface area contributed by atoms with Gasteiger partial charge < -0.3 is 20.6 Å². The number of phosphoric ester groups is 1. The molecule has 0 saturated heterocycles. The number of carbonyl (C=O) groups is 1. The zero-order chi connectivity index (χ0) is 17.6. The van der Waals surface area contributed by atoms with Crippen LogP contribution in [0.5, 0.6) is 0 Å². The average molecular weight is 353 g/mol. The van der Waals surface area contributed by atoms with Crippen LogP contribution in [-0.2, 0) is 13.9 Å². The van der Waals surface area contributed by atoms with Crippen molar-refractivity contribution < 1.29 is 28.8 Å². The molecule has 0 fully saturated rings. The predicted molar refractivity (Wildman–Crippen MR) is 89.0 cm³/mol. The molecule has 0 aromatic heterocycles. The number of hydrogen-bond donors (Lipinski definition) is 4. The van der Waals surface area contributed by atoms with E-state index in [4.69, 9.17) is 20.6 Å². The summed E-state index contributed by atoms with van der Waals surface area (Å²) in [5, 5.41) is 8.64. The van der Waals surface area contributed by atoms with Gasteiger partial charge in [-0.2, -0.15) is 0 Å². The molecule has 0 rings (SSSR count). The Hall–Kier alpha value is -0.460. The third-order valence-electron chi connectivity index (χ3n) is 3.74. The Morgan fingerprint density at radius 3 is 1.65 bits per heavy atom. The normalized spacial score (nSPS) is 13.2. The van der Waals surface area contributed by atoms with Crippen LogP contribution in [0.4, 0.5) is 0 Å². The highest BCUT2D eigenvalue weighted by molar-refractivity contribution is 7.46. The summed E-state index contributed by atoms with van der Waals surface area (Å²) in [5.74, 6) is -0.918. The maximum atomic E-state index is 10.5. The molecule has 5 N–H and O–H groups in total. The monoisotopic (exact) mass is 353 g/mol. The Morgan fingerprint density at radius 2 is 1.26 bits per heavy atom. The largest absolute Gasteiger partial charge is 0.480 e. The third kappa shape index (κ3) is 17.7. The van der Waals surface area contributed by atoms with Gasteiger partial charge in [-0.05, 0) is 12.8 Å².